The highest BCUT2D eigenvalue weighted by Crippen LogP contribution is 2.58. The first kappa shape index (κ1) is 14.8. The minimum Gasteiger partial charge on any atom is -0.483 e. The number of hydrogen-bond donors (Lipinski definition) is 0. The molecule has 2 aliphatic rings. The summed E-state index contributed by atoms with van der Waals surface area (Å²) in [4.78, 5) is 11.5. The Kier molecular flexibility index (Phi) is 3.72. The van der Waals surface area contributed by atoms with Crippen molar-refractivity contribution in [2.24, 2.45) is 5.41 Å². The molecule has 0 heterocycles. The SMILES string of the molecule is Cc1cc(C)c(OC2CC(Br)C23CCCC3)c([N+](=O)[O-])c1. The molecule has 4 nitrogen and oxygen atoms in total. The fourth-order valence-corrected chi connectivity index (χ4v) is 4.99. The Morgan fingerprint density at radius 3 is 2.57 bits per heavy atom. The quantitative estimate of drug-likeness (QED) is 0.450. The summed E-state index contributed by atoms with van der Waals surface area (Å²) in [6, 6.07) is 3.56. The molecule has 2 aliphatic carbocycles. The summed E-state index contributed by atoms with van der Waals surface area (Å²) >= 11 is 3.76. The molecule has 1 spiro atoms. The van der Waals surface area contributed by atoms with Crippen LogP contribution < -0.4 is 4.74 Å². The van der Waals surface area contributed by atoms with E-state index >= 15 is 0 Å². The van der Waals surface area contributed by atoms with Crippen molar-refractivity contribution >= 4 is 21.6 Å². The number of benzene rings is 1. The molecule has 0 radical (unpaired) electrons. The van der Waals surface area contributed by atoms with E-state index in [-0.39, 0.29) is 22.1 Å². The van der Waals surface area contributed by atoms with Gasteiger partial charge in [0, 0.05) is 16.3 Å². The minimum atomic E-state index is -0.332. The van der Waals surface area contributed by atoms with Crippen LogP contribution in [0.2, 0.25) is 0 Å². The van der Waals surface area contributed by atoms with Crippen LogP contribution in [0.4, 0.5) is 5.69 Å². The second-order valence-corrected chi connectivity index (χ2v) is 7.54. The van der Waals surface area contributed by atoms with E-state index in [0.717, 1.165) is 30.4 Å². The largest absolute Gasteiger partial charge is 0.483 e. The van der Waals surface area contributed by atoms with Crippen molar-refractivity contribution in [1.82, 2.24) is 0 Å². The molecule has 1 aromatic rings. The molecule has 0 amide bonds. The number of halogens is 1. The molecule has 3 rings (SSSR count). The lowest BCUT2D eigenvalue weighted by Crippen LogP contribution is -2.55. The molecule has 2 fully saturated rings. The standard InChI is InChI=1S/C16H20BrNO3/c1-10-7-11(2)15(12(8-10)18(19)20)21-14-9-13(17)16(14)5-3-4-6-16/h7-8,13-14H,3-6,9H2,1-2H3. The topological polar surface area (TPSA) is 52.4 Å². The van der Waals surface area contributed by atoms with Crippen LogP contribution in [0.1, 0.15) is 43.2 Å². The van der Waals surface area contributed by atoms with Crippen molar-refractivity contribution < 1.29 is 9.66 Å². The smallest absolute Gasteiger partial charge is 0.311 e. The van der Waals surface area contributed by atoms with E-state index in [1.807, 2.05) is 19.9 Å². The highest BCUT2D eigenvalue weighted by atomic mass is 79.9. The normalized spacial score (nSPS) is 26.6. The van der Waals surface area contributed by atoms with Gasteiger partial charge in [0.05, 0.1) is 4.92 Å². The highest BCUT2D eigenvalue weighted by molar-refractivity contribution is 9.09. The summed E-state index contributed by atoms with van der Waals surface area (Å²) in [5.74, 6) is 0.460. The number of nitro groups is 1. The van der Waals surface area contributed by atoms with Gasteiger partial charge in [-0.1, -0.05) is 34.8 Å². The number of hydrogen-bond acceptors (Lipinski definition) is 3. The third kappa shape index (κ3) is 2.35. The fourth-order valence-electron chi connectivity index (χ4n) is 3.90. The molecular weight excluding hydrogens is 334 g/mol. The fraction of sp³-hybridized carbons (Fsp3) is 0.625. The minimum absolute atomic E-state index is 0.0960. The average Bonchev–Trinajstić information content (AvgIpc) is 2.92. The number of aryl methyl sites for hydroxylation is 2. The lowest BCUT2D eigenvalue weighted by Gasteiger charge is -2.51. The lowest BCUT2D eigenvalue weighted by atomic mass is 9.64. The Bertz CT molecular complexity index is 581. The van der Waals surface area contributed by atoms with Crippen molar-refractivity contribution in [2.75, 3.05) is 0 Å². The van der Waals surface area contributed by atoms with E-state index in [4.69, 9.17) is 4.74 Å². The molecule has 0 N–H and O–H groups in total. The van der Waals surface area contributed by atoms with Crippen LogP contribution in [0.3, 0.4) is 0 Å². The van der Waals surface area contributed by atoms with E-state index < -0.39 is 0 Å². The van der Waals surface area contributed by atoms with E-state index in [2.05, 4.69) is 15.9 Å². The molecule has 2 unspecified atom stereocenters. The molecule has 0 saturated heterocycles. The van der Waals surface area contributed by atoms with Gasteiger partial charge in [-0.3, -0.25) is 10.1 Å². The van der Waals surface area contributed by atoms with Crippen LogP contribution >= 0.6 is 15.9 Å². The summed E-state index contributed by atoms with van der Waals surface area (Å²) in [6.07, 6.45) is 5.82. The molecule has 0 aliphatic heterocycles. The van der Waals surface area contributed by atoms with E-state index in [1.54, 1.807) is 6.07 Å². The molecule has 1 aromatic carbocycles. The lowest BCUT2D eigenvalue weighted by molar-refractivity contribution is -0.386. The Morgan fingerprint density at radius 2 is 2.00 bits per heavy atom. The number of ether oxygens (including phenoxy) is 1. The number of nitrogens with zero attached hydrogens (tertiary/aromatic N) is 1. The van der Waals surface area contributed by atoms with E-state index in [0.29, 0.717) is 10.6 Å². The Hall–Kier alpha value is -1.10. The number of nitro benzene ring substituents is 1. The van der Waals surface area contributed by atoms with Gasteiger partial charge in [-0.2, -0.15) is 0 Å². The summed E-state index contributed by atoms with van der Waals surface area (Å²) in [5.41, 5.74) is 2.03. The number of alkyl halides is 1. The molecule has 2 atom stereocenters. The average molecular weight is 354 g/mol. The van der Waals surface area contributed by atoms with Crippen molar-refractivity contribution in [2.45, 2.75) is 56.9 Å². The zero-order valence-electron chi connectivity index (χ0n) is 12.4. The summed E-state index contributed by atoms with van der Waals surface area (Å²) in [7, 11) is 0. The van der Waals surface area contributed by atoms with Crippen LogP contribution in [0.25, 0.3) is 0 Å². The van der Waals surface area contributed by atoms with Crippen molar-refractivity contribution in [1.29, 1.82) is 0 Å². The molecule has 21 heavy (non-hydrogen) atoms. The first-order valence-corrected chi connectivity index (χ1v) is 8.42. The van der Waals surface area contributed by atoms with Crippen LogP contribution in [-0.2, 0) is 0 Å². The molecular formula is C16H20BrNO3. The first-order chi connectivity index (χ1) is 9.94. The Labute approximate surface area is 133 Å². The van der Waals surface area contributed by atoms with Gasteiger partial charge >= 0.3 is 5.69 Å². The van der Waals surface area contributed by atoms with Crippen molar-refractivity contribution in [3.05, 3.63) is 33.4 Å². The van der Waals surface area contributed by atoms with E-state index in [1.165, 1.54) is 12.8 Å². The van der Waals surface area contributed by atoms with Gasteiger partial charge in [0.15, 0.2) is 5.75 Å². The van der Waals surface area contributed by atoms with Gasteiger partial charge in [0.2, 0.25) is 0 Å². The predicted molar refractivity (Wildman–Crippen MR) is 85.2 cm³/mol. The van der Waals surface area contributed by atoms with Gasteiger partial charge < -0.3 is 4.74 Å². The third-order valence-corrected chi connectivity index (χ3v) is 6.36. The van der Waals surface area contributed by atoms with Gasteiger partial charge in [-0.05, 0) is 44.2 Å². The summed E-state index contributed by atoms with van der Waals surface area (Å²) < 4.78 is 6.17. The molecule has 114 valence electrons. The molecule has 2 saturated carbocycles. The second kappa shape index (κ2) is 5.27. The van der Waals surface area contributed by atoms with Crippen LogP contribution in [0.5, 0.6) is 5.75 Å². The second-order valence-electron chi connectivity index (χ2n) is 6.44. The maximum Gasteiger partial charge on any atom is 0.311 e. The van der Waals surface area contributed by atoms with Crippen LogP contribution in [0.15, 0.2) is 12.1 Å². The van der Waals surface area contributed by atoms with Crippen molar-refractivity contribution in [3.63, 3.8) is 0 Å². The zero-order chi connectivity index (χ0) is 15.2. The highest BCUT2D eigenvalue weighted by Gasteiger charge is 2.57. The summed E-state index contributed by atoms with van der Waals surface area (Å²) in [6.45, 7) is 3.76. The first-order valence-electron chi connectivity index (χ1n) is 7.50. The molecule has 5 heteroatoms. The van der Waals surface area contributed by atoms with Gasteiger partial charge in [-0.25, -0.2) is 0 Å². The van der Waals surface area contributed by atoms with Crippen LogP contribution in [-0.4, -0.2) is 15.9 Å². The predicted octanol–water partition coefficient (Wildman–Crippen LogP) is 4.69. The number of rotatable bonds is 3. The molecule has 0 bridgehead atoms. The monoisotopic (exact) mass is 353 g/mol. The van der Waals surface area contributed by atoms with Crippen molar-refractivity contribution in [3.8, 4) is 5.75 Å². The Balaban J connectivity index is 1.90. The maximum atomic E-state index is 11.3. The van der Waals surface area contributed by atoms with Gasteiger partial charge in [0.25, 0.3) is 0 Å². The van der Waals surface area contributed by atoms with Crippen LogP contribution in [0, 0.1) is 29.4 Å². The van der Waals surface area contributed by atoms with Gasteiger partial charge in [-0.15, -0.1) is 0 Å². The van der Waals surface area contributed by atoms with E-state index in [9.17, 15) is 10.1 Å². The van der Waals surface area contributed by atoms with Gasteiger partial charge in [0.1, 0.15) is 6.10 Å². The zero-order valence-corrected chi connectivity index (χ0v) is 14.0. The molecule has 0 aromatic heterocycles. The Morgan fingerprint density at radius 1 is 1.33 bits per heavy atom. The maximum absolute atomic E-state index is 11.3. The third-order valence-electron chi connectivity index (χ3n) is 5.08. The summed E-state index contributed by atoms with van der Waals surface area (Å²) in [5, 5.41) is 11.3.